The van der Waals surface area contributed by atoms with E-state index in [1.54, 1.807) is 12.1 Å². The summed E-state index contributed by atoms with van der Waals surface area (Å²) >= 11 is 0. The molecule has 0 aliphatic heterocycles. The zero-order chi connectivity index (χ0) is 15.4. The number of benzene rings is 2. The van der Waals surface area contributed by atoms with Gasteiger partial charge in [0.15, 0.2) is 0 Å². The van der Waals surface area contributed by atoms with E-state index in [9.17, 15) is 18.9 Å². The van der Waals surface area contributed by atoms with Gasteiger partial charge in [-0.25, -0.2) is 4.39 Å². The van der Waals surface area contributed by atoms with E-state index in [2.05, 4.69) is 5.32 Å². The Bertz CT molecular complexity index is 662. The van der Waals surface area contributed by atoms with Crippen molar-refractivity contribution >= 4 is 5.69 Å². The van der Waals surface area contributed by atoms with Crippen LogP contribution in [0.5, 0.6) is 0 Å². The highest BCUT2D eigenvalue weighted by atomic mass is 19.1. The Morgan fingerprint density at radius 3 is 2.62 bits per heavy atom. The Balaban J connectivity index is 2.03. The SMILES string of the molecule is C[C@H](NCc1ccc([N+](=O)[O-])c(F)c1)c1cccc(F)c1. The van der Waals surface area contributed by atoms with Gasteiger partial charge in [0.25, 0.3) is 0 Å². The van der Waals surface area contributed by atoms with Gasteiger partial charge in [0, 0.05) is 18.7 Å². The van der Waals surface area contributed by atoms with Crippen LogP contribution < -0.4 is 5.32 Å². The summed E-state index contributed by atoms with van der Waals surface area (Å²) < 4.78 is 26.6. The molecule has 2 aromatic rings. The van der Waals surface area contributed by atoms with Crippen molar-refractivity contribution in [2.45, 2.75) is 19.5 Å². The fourth-order valence-electron chi connectivity index (χ4n) is 1.97. The van der Waals surface area contributed by atoms with Gasteiger partial charge in [-0.05, 0) is 36.2 Å². The van der Waals surface area contributed by atoms with E-state index in [1.165, 1.54) is 18.2 Å². The average Bonchev–Trinajstić information content (AvgIpc) is 2.44. The summed E-state index contributed by atoms with van der Waals surface area (Å²) in [5, 5.41) is 13.6. The minimum atomic E-state index is -0.863. The Morgan fingerprint density at radius 1 is 1.24 bits per heavy atom. The molecule has 1 atom stereocenters. The zero-order valence-corrected chi connectivity index (χ0v) is 11.3. The number of halogens is 2. The molecule has 0 saturated carbocycles. The number of nitro benzene ring substituents is 1. The van der Waals surface area contributed by atoms with Crippen molar-refractivity contribution < 1.29 is 13.7 Å². The second-order valence-corrected chi connectivity index (χ2v) is 4.70. The molecule has 110 valence electrons. The second-order valence-electron chi connectivity index (χ2n) is 4.70. The Labute approximate surface area is 120 Å². The summed E-state index contributed by atoms with van der Waals surface area (Å²) in [6.45, 7) is 2.18. The lowest BCUT2D eigenvalue weighted by Crippen LogP contribution is -2.18. The van der Waals surface area contributed by atoms with Crippen LogP contribution in [-0.2, 0) is 6.54 Å². The van der Waals surface area contributed by atoms with Crippen LogP contribution in [0, 0.1) is 21.7 Å². The quantitative estimate of drug-likeness (QED) is 0.675. The van der Waals surface area contributed by atoms with Gasteiger partial charge in [0.05, 0.1) is 4.92 Å². The summed E-state index contributed by atoms with van der Waals surface area (Å²) in [4.78, 5) is 9.77. The van der Waals surface area contributed by atoms with Gasteiger partial charge >= 0.3 is 5.69 Å². The van der Waals surface area contributed by atoms with Gasteiger partial charge in [-0.1, -0.05) is 18.2 Å². The first-order valence-corrected chi connectivity index (χ1v) is 6.39. The Morgan fingerprint density at radius 2 is 2.00 bits per heavy atom. The molecule has 6 heteroatoms. The maximum Gasteiger partial charge on any atom is 0.304 e. The second kappa shape index (κ2) is 6.41. The lowest BCUT2D eigenvalue weighted by Gasteiger charge is -2.14. The van der Waals surface area contributed by atoms with Crippen LogP contribution in [0.3, 0.4) is 0 Å². The molecule has 0 amide bonds. The van der Waals surface area contributed by atoms with Crippen molar-refractivity contribution in [3.8, 4) is 0 Å². The molecule has 0 heterocycles. The minimum absolute atomic E-state index is 0.126. The van der Waals surface area contributed by atoms with Crippen molar-refractivity contribution in [2.24, 2.45) is 0 Å². The third-order valence-corrected chi connectivity index (χ3v) is 3.17. The summed E-state index contributed by atoms with van der Waals surface area (Å²) in [5.41, 5.74) is 0.815. The van der Waals surface area contributed by atoms with Crippen LogP contribution in [0.15, 0.2) is 42.5 Å². The molecule has 2 rings (SSSR count). The molecule has 21 heavy (non-hydrogen) atoms. The Kier molecular flexibility index (Phi) is 4.59. The van der Waals surface area contributed by atoms with E-state index in [0.29, 0.717) is 12.1 Å². The van der Waals surface area contributed by atoms with Gasteiger partial charge in [-0.3, -0.25) is 10.1 Å². The molecule has 0 aliphatic carbocycles. The van der Waals surface area contributed by atoms with Crippen LogP contribution in [-0.4, -0.2) is 4.92 Å². The summed E-state index contributed by atoms with van der Waals surface area (Å²) in [6, 6.07) is 9.83. The number of nitrogens with zero attached hydrogens (tertiary/aromatic N) is 1. The minimum Gasteiger partial charge on any atom is -0.306 e. The highest BCUT2D eigenvalue weighted by Crippen LogP contribution is 2.19. The number of nitro groups is 1. The van der Waals surface area contributed by atoms with Gasteiger partial charge in [0.1, 0.15) is 5.82 Å². The standard InChI is InChI=1S/C15H14F2N2O2/c1-10(12-3-2-4-13(16)8-12)18-9-11-5-6-15(19(20)21)14(17)7-11/h2-8,10,18H,9H2,1H3/t10-/m0/s1. The summed E-state index contributed by atoms with van der Waals surface area (Å²) in [5.74, 6) is -1.18. The van der Waals surface area contributed by atoms with Crippen LogP contribution >= 0.6 is 0 Å². The first-order valence-electron chi connectivity index (χ1n) is 6.39. The third kappa shape index (κ3) is 3.82. The van der Waals surface area contributed by atoms with Crippen molar-refractivity contribution in [1.82, 2.24) is 5.32 Å². The number of nitrogens with one attached hydrogen (secondary N) is 1. The lowest BCUT2D eigenvalue weighted by atomic mass is 10.1. The van der Waals surface area contributed by atoms with Crippen molar-refractivity contribution in [1.29, 1.82) is 0 Å². The van der Waals surface area contributed by atoms with E-state index in [-0.39, 0.29) is 11.9 Å². The maximum atomic E-state index is 13.5. The molecule has 0 aromatic heterocycles. The Hall–Kier alpha value is -2.34. The van der Waals surface area contributed by atoms with Crippen molar-refractivity contribution in [3.05, 3.63) is 75.3 Å². The van der Waals surface area contributed by atoms with Gasteiger partial charge < -0.3 is 5.32 Å². The first kappa shape index (κ1) is 15.1. The monoisotopic (exact) mass is 292 g/mol. The molecule has 0 fully saturated rings. The van der Waals surface area contributed by atoms with Crippen molar-refractivity contribution in [2.75, 3.05) is 0 Å². The maximum absolute atomic E-state index is 13.5. The zero-order valence-electron chi connectivity index (χ0n) is 11.3. The molecule has 0 radical (unpaired) electrons. The third-order valence-electron chi connectivity index (χ3n) is 3.17. The summed E-state index contributed by atoms with van der Waals surface area (Å²) in [6.07, 6.45) is 0. The fourth-order valence-corrected chi connectivity index (χ4v) is 1.97. The molecule has 4 nitrogen and oxygen atoms in total. The molecular weight excluding hydrogens is 278 g/mol. The van der Waals surface area contributed by atoms with E-state index >= 15 is 0 Å². The molecule has 1 N–H and O–H groups in total. The molecule has 2 aromatic carbocycles. The average molecular weight is 292 g/mol. The van der Waals surface area contributed by atoms with Crippen LogP contribution in [0.4, 0.5) is 14.5 Å². The smallest absolute Gasteiger partial charge is 0.304 e. The normalized spacial score (nSPS) is 12.1. The molecule has 0 bridgehead atoms. The van der Waals surface area contributed by atoms with Crippen LogP contribution in [0.25, 0.3) is 0 Å². The molecular formula is C15H14F2N2O2. The van der Waals surface area contributed by atoms with Crippen LogP contribution in [0.2, 0.25) is 0 Å². The van der Waals surface area contributed by atoms with Gasteiger partial charge in [-0.2, -0.15) is 4.39 Å². The van der Waals surface area contributed by atoms with E-state index in [4.69, 9.17) is 0 Å². The predicted octanol–water partition coefficient (Wildman–Crippen LogP) is 3.72. The number of hydrogen-bond donors (Lipinski definition) is 1. The number of rotatable bonds is 5. The lowest BCUT2D eigenvalue weighted by molar-refractivity contribution is -0.387. The largest absolute Gasteiger partial charge is 0.306 e. The van der Waals surface area contributed by atoms with E-state index < -0.39 is 16.4 Å². The first-order chi connectivity index (χ1) is 9.97. The summed E-state index contributed by atoms with van der Waals surface area (Å²) in [7, 11) is 0. The van der Waals surface area contributed by atoms with Crippen molar-refractivity contribution in [3.63, 3.8) is 0 Å². The molecule has 0 unspecified atom stereocenters. The highest BCUT2D eigenvalue weighted by Gasteiger charge is 2.14. The number of hydrogen-bond acceptors (Lipinski definition) is 3. The van der Waals surface area contributed by atoms with E-state index in [1.807, 2.05) is 6.92 Å². The van der Waals surface area contributed by atoms with Gasteiger partial charge in [-0.15, -0.1) is 0 Å². The molecule has 0 aliphatic rings. The molecule has 0 saturated heterocycles. The topological polar surface area (TPSA) is 55.2 Å². The molecule has 0 spiro atoms. The van der Waals surface area contributed by atoms with Crippen LogP contribution in [0.1, 0.15) is 24.1 Å². The van der Waals surface area contributed by atoms with E-state index in [0.717, 1.165) is 17.7 Å². The highest BCUT2D eigenvalue weighted by molar-refractivity contribution is 5.35. The predicted molar refractivity (Wildman–Crippen MR) is 74.7 cm³/mol. The fraction of sp³-hybridized carbons (Fsp3) is 0.200. The van der Waals surface area contributed by atoms with Gasteiger partial charge in [0.2, 0.25) is 5.82 Å².